The van der Waals surface area contributed by atoms with Gasteiger partial charge in [-0.3, -0.25) is 4.79 Å². The number of halogens is 2. The molecule has 1 aliphatic heterocycles. The van der Waals surface area contributed by atoms with Crippen molar-refractivity contribution in [1.29, 1.82) is 0 Å². The van der Waals surface area contributed by atoms with Gasteiger partial charge in [0, 0.05) is 24.3 Å². The average molecular weight is 384 g/mol. The predicted molar refractivity (Wildman–Crippen MR) is 106 cm³/mol. The van der Waals surface area contributed by atoms with Crippen molar-refractivity contribution in [2.24, 2.45) is 0 Å². The molecule has 0 saturated carbocycles. The summed E-state index contributed by atoms with van der Waals surface area (Å²) in [6.45, 7) is 1.72. The lowest BCUT2D eigenvalue weighted by Crippen LogP contribution is -2.19. The third-order valence-electron chi connectivity index (χ3n) is 4.68. The molecule has 0 radical (unpaired) electrons. The Bertz CT molecular complexity index is 963. The summed E-state index contributed by atoms with van der Waals surface area (Å²) in [7, 11) is 0. The highest BCUT2D eigenvalue weighted by atomic mass is 32.1. The van der Waals surface area contributed by atoms with Gasteiger partial charge in [0.15, 0.2) is 0 Å². The molecule has 27 heavy (non-hydrogen) atoms. The van der Waals surface area contributed by atoms with Gasteiger partial charge in [-0.15, -0.1) is 11.3 Å². The van der Waals surface area contributed by atoms with Gasteiger partial charge >= 0.3 is 0 Å². The monoisotopic (exact) mass is 384 g/mol. The first-order valence-corrected chi connectivity index (χ1v) is 9.69. The molecule has 0 spiro atoms. The second-order valence-electron chi connectivity index (χ2n) is 6.48. The smallest absolute Gasteiger partial charge is 0.266 e. The van der Waals surface area contributed by atoms with Gasteiger partial charge < -0.3 is 10.2 Å². The van der Waals surface area contributed by atoms with E-state index in [1.54, 1.807) is 24.3 Å². The zero-order valence-corrected chi connectivity index (χ0v) is 15.4. The number of rotatable bonds is 4. The van der Waals surface area contributed by atoms with Gasteiger partial charge in [-0.25, -0.2) is 8.78 Å². The van der Waals surface area contributed by atoms with E-state index in [1.165, 1.54) is 29.5 Å². The number of anilines is 2. The predicted octanol–water partition coefficient (Wildman–Crippen LogP) is 5.55. The minimum Gasteiger partial charge on any atom is -0.369 e. The van der Waals surface area contributed by atoms with Crippen LogP contribution in [0.2, 0.25) is 0 Å². The van der Waals surface area contributed by atoms with Gasteiger partial charge in [0.2, 0.25) is 0 Å². The molecule has 4 rings (SSSR count). The van der Waals surface area contributed by atoms with Crippen LogP contribution < -0.4 is 10.2 Å². The Morgan fingerprint density at radius 3 is 2.44 bits per heavy atom. The standard InChI is InChI=1S/C21H18F2N2OS/c22-15-5-3-14(4-6-15)17-9-12-27-20(17)21(26)24-16-7-8-19(18(23)13-16)25-10-1-2-11-25/h3-9,12-13H,1-2,10-11H2,(H,24,26). The number of thiophene rings is 1. The number of carbonyl (C=O) groups is 1. The third kappa shape index (κ3) is 3.71. The molecule has 6 heteroatoms. The van der Waals surface area contributed by atoms with Crippen LogP contribution in [-0.4, -0.2) is 19.0 Å². The summed E-state index contributed by atoms with van der Waals surface area (Å²) < 4.78 is 27.6. The van der Waals surface area contributed by atoms with Crippen LogP contribution in [0.1, 0.15) is 22.5 Å². The molecule has 1 aromatic heterocycles. The summed E-state index contributed by atoms with van der Waals surface area (Å²) in [6.07, 6.45) is 2.14. The maximum atomic E-state index is 14.5. The van der Waals surface area contributed by atoms with E-state index in [0.29, 0.717) is 16.3 Å². The Morgan fingerprint density at radius 1 is 1.00 bits per heavy atom. The van der Waals surface area contributed by atoms with Crippen LogP contribution in [-0.2, 0) is 0 Å². The lowest BCUT2D eigenvalue weighted by atomic mass is 10.1. The highest BCUT2D eigenvalue weighted by Gasteiger charge is 2.18. The molecule has 0 aliphatic carbocycles. The maximum Gasteiger partial charge on any atom is 0.266 e. The van der Waals surface area contributed by atoms with Gasteiger partial charge in [-0.2, -0.15) is 0 Å². The zero-order chi connectivity index (χ0) is 18.8. The van der Waals surface area contributed by atoms with Crippen LogP contribution >= 0.6 is 11.3 Å². The fraction of sp³-hybridized carbons (Fsp3) is 0.190. The van der Waals surface area contributed by atoms with Crippen molar-refractivity contribution in [2.45, 2.75) is 12.8 Å². The Labute approximate surface area is 160 Å². The number of hydrogen-bond donors (Lipinski definition) is 1. The molecule has 1 aliphatic rings. The average Bonchev–Trinajstić information content (AvgIpc) is 3.34. The van der Waals surface area contributed by atoms with E-state index in [1.807, 2.05) is 16.3 Å². The van der Waals surface area contributed by atoms with Crippen LogP contribution in [0.3, 0.4) is 0 Å². The number of benzene rings is 2. The molecule has 138 valence electrons. The fourth-order valence-electron chi connectivity index (χ4n) is 3.33. The lowest BCUT2D eigenvalue weighted by Gasteiger charge is -2.18. The van der Waals surface area contributed by atoms with E-state index in [9.17, 15) is 13.6 Å². The number of amides is 1. The number of hydrogen-bond acceptors (Lipinski definition) is 3. The molecular formula is C21H18F2N2OS. The molecule has 1 amide bonds. The van der Waals surface area contributed by atoms with Crippen molar-refractivity contribution in [1.82, 2.24) is 0 Å². The first-order chi connectivity index (χ1) is 13.1. The molecule has 0 atom stereocenters. The molecular weight excluding hydrogens is 366 g/mol. The van der Waals surface area contributed by atoms with E-state index in [2.05, 4.69) is 5.32 Å². The summed E-state index contributed by atoms with van der Waals surface area (Å²) >= 11 is 1.30. The first-order valence-electron chi connectivity index (χ1n) is 8.81. The van der Waals surface area contributed by atoms with E-state index >= 15 is 0 Å². The van der Waals surface area contributed by atoms with Crippen molar-refractivity contribution in [3.05, 3.63) is 70.4 Å². The summed E-state index contributed by atoms with van der Waals surface area (Å²) in [5, 5.41) is 4.57. The van der Waals surface area contributed by atoms with E-state index in [-0.39, 0.29) is 17.5 Å². The number of carbonyl (C=O) groups excluding carboxylic acids is 1. The van der Waals surface area contributed by atoms with Crippen molar-refractivity contribution < 1.29 is 13.6 Å². The van der Waals surface area contributed by atoms with Crippen LogP contribution in [0, 0.1) is 11.6 Å². The molecule has 2 heterocycles. The van der Waals surface area contributed by atoms with Gasteiger partial charge in [0.1, 0.15) is 11.6 Å². The lowest BCUT2D eigenvalue weighted by molar-refractivity contribution is 0.103. The second kappa shape index (κ2) is 7.48. The Kier molecular flexibility index (Phi) is 4.90. The quantitative estimate of drug-likeness (QED) is 0.640. The summed E-state index contributed by atoms with van der Waals surface area (Å²) in [6, 6.07) is 12.6. The largest absolute Gasteiger partial charge is 0.369 e. The highest BCUT2D eigenvalue weighted by Crippen LogP contribution is 2.30. The van der Waals surface area contributed by atoms with E-state index < -0.39 is 0 Å². The zero-order valence-electron chi connectivity index (χ0n) is 14.5. The number of nitrogens with zero attached hydrogens (tertiary/aromatic N) is 1. The fourth-order valence-corrected chi connectivity index (χ4v) is 4.14. The molecule has 2 aromatic carbocycles. The topological polar surface area (TPSA) is 32.3 Å². The Morgan fingerprint density at radius 2 is 1.74 bits per heavy atom. The van der Waals surface area contributed by atoms with Crippen LogP contribution in [0.15, 0.2) is 53.9 Å². The SMILES string of the molecule is O=C(Nc1ccc(N2CCCC2)c(F)c1)c1sccc1-c1ccc(F)cc1. The van der Waals surface area contributed by atoms with Gasteiger partial charge in [-0.05, 0) is 60.2 Å². The molecule has 1 fully saturated rings. The summed E-state index contributed by atoms with van der Waals surface area (Å²) in [4.78, 5) is 15.2. The van der Waals surface area contributed by atoms with Crippen molar-refractivity contribution in [3.8, 4) is 11.1 Å². The maximum absolute atomic E-state index is 14.5. The second-order valence-corrected chi connectivity index (χ2v) is 7.40. The van der Waals surface area contributed by atoms with Crippen LogP contribution in [0.4, 0.5) is 20.2 Å². The molecule has 0 bridgehead atoms. The minimum atomic E-state index is -0.334. The van der Waals surface area contributed by atoms with Crippen molar-refractivity contribution >= 4 is 28.6 Å². The van der Waals surface area contributed by atoms with Gasteiger partial charge in [0.25, 0.3) is 5.91 Å². The molecule has 1 saturated heterocycles. The summed E-state index contributed by atoms with van der Waals surface area (Å²) in [5.74, 6) is -0.967. The molecule has 1 N–H and O–H groups in total. The van der Waals surface area contributed by atoms with Crippen LogP contribution in [0.5, 0.6) is 0 Å². The normalized spacial score (nSPS) is 13.8. The molecule has 0 unspecified atom stereocenters. The highest BCUT2D eigenvalue weighted by molar-refractivity contribution is 7.12. The molecule has 3 aromatic rings. The summed E-state index contributed by atoms with van der Waals surface area (Å²) in [5.41, 5.74) is 2.48. The third-order valence-corrected chi connectivity index (χ3v) is 5.59. The van der Waals surface area contributed by atoms with Gasteiger partial charge in [-0.1, -0.05) is 12.1 Å². The van der Waals surface area contributed by atoms with Crippen LogP contribution in [0.25, 0.3) is 11.1 Å². The number of nitrogens with one attached hydrogen (secondary N) is 1. The Balaban J connectivity index is 1.54. The minimum absolute atomic E-state index is 0.308. The van der Waals surface area contributed by atoms with Gasteiger partial charge in [0.05, 0.1) is 10.6 Å². The first kappa shape index (κ1) is 17.7. The van der Waals surface area contributed by atoms with Crippen molar-refractivity contribution in [3.63, 3.8) is 0 Å². The Hall–Kier alpha value is -2.73. The van der Waals surface area contributed by atoms with E-state index in [4.69, 9.17) is 0 Å². The van der Waals surface area contributed by atoms with Crippen molar-refractivity contribution in [2.75, 3.05) is 23.3 Å². The molecule has 3 nitrogen and oxygen atoms in total. The van der Waals surface area contributed by atoms with E-state index in [0.717, 1.165) is 37.1 Å².